The van der Waals surface area contributed by atoms with E-state index >= 15 is 0 Å². The molecule has 0 bridgehead atoms. The molecular weight excluding hydrogens is 845 g/mol. The third-order valence-corrected chi connectivity index (χ3v) is 13.5. The Hall–Kier alpha value is -9.39. The fourth-order valence-corrected chi connectivity index (χ4v) is 10.2. The van der Waals surface area contributed by atoms with Crippen LogP contribution in [0, 0.1) is 0 Å². The zero-order valence-electron chi connectivity index (χ0n) is 37.0. The molecule has 69 heavy (non-hydrogen) atoms. The summed E-state index contributed by atoms with van der Waals surface area (Å²) in [5, 5.41) is 6.40. The molecule has 6 nitrogen and oxygen atoms in total. The predicted octanol–water partition coefficient (Wildman–Crippen LogP) is 16.8. The third-order valence-electron chi connectivity index (χ3n) is 13.5. The SMILES string of the molecule is c1ccc(-c2ccc(-c3nc(-c4ccccc4)nc(-c4cccc5oc6ccc(-c7cc8oc9ccccc9c8cc7-n7c8ccccc8c8cc(-c9ccccc9)ccc87)cc6c45)n3)cc2)cc1. The number of aromatic nitrogens is 4. The quantitative estimate of drug-likeness (QED) is 0.159. The van der Waals surface area contributed by atoms with Crippen molar-refractivity contribution in [3.8, 4) is 73.2 Å². The van der Waals surface area contributed by atoms with Crippen molar-refractivity contribution in [2.45, 2.75) is 0 Å². The number of benzene rings is 10. The van der Waals surface area contributed by atoms with Crippen molar-refractivity contribution >= 4 is 65.7 Å². The summed E-state index contributed by atoms with van der Waals surface area (Å²) in [4.78, 5) is 15.5. The number of nitrogens with zero attached hydrogens (tertiary/aromatic N) is 4. The highest BCUT2D eigenvalue weighted by atomic mass is 16.3. The van der Waals surface area contributed by atoms with Gasteiger partial charge in [-0.1, -0.05) is 176 Å². The Kier molecular flexibility index (Phi) is 8.79. The number of rotatable bonds is 7. The maximum atomic E-state index is 6.67. The summed E-state index contributed by atoms with van der Waals surface area (Å²) in [6, 6.07) is 80.5. The Morgan fingerprint density at radius 2 is 0.797 bits per heavy atom. The van der Waals surface area contributed by atoms with Gasteiger partial charge in [0.1, 0.15) is 22.3 Å². The van der Waals surface area contributed by atoms with Crippen LogP contribution in [0.25, 0.3) is 139 Å². The summed E-state index contributed by atoms with van der Waals surface area (Å²) in [6.07, 6.45) is 0. The third kappa shape index (κ3) is 6.45. The molecule has 0 unspecified atom stereocenters. The van der Waals surface area contributed by atoms with Gasteiger partial charge in [-0.2, -0.15) is 0 Å². The average Bonchev–Trinajstić information content (AvgIpc) is 4.10. The molecule has 0 aliphatic heterocycles. The number of furan rings is 2. The zero-order chi connectivity index (χ0) is 45.4. The van der Waals surface area contributed by atoms with Crippen LogP contribution in [-0.2, 0) is 0 Å². The monoisotopic (exact) mass is 882 g/mol. The Labute approximate surface area is 396 Å². The van der Waals surface area contributed by atoms with Gasteiger partial charge in [0, 0.05) is 54.6 Å². The zero-order valence-corrected chi connectivity index (χ0v) is 37.0. The topological polar surface area (TPSA) is 69.9 Å². The summed E-state index contributed by atoms with van der Waals surface area (Å²) < 4.78 is 15.7. The Morgan fingerprint density at radius 1 is 0.275 bits per heavy atom. The molecule has 322 valence electrons. The molecule has 0 saturated heterocycles. The molecule has 4 aromatic heterocycles. The van der Waals surface area contributed by atoms with E-state index in [0.29, 0.717) is 17.5 Å². The molecule has 0 aliphatic rings. The first kappa shape index (κ1) is 38.8. The van der Waals surface area contributed by atoms with Crippen LogP contribution in [0.15, 0.2) is 239 Å². The fraction of sp³-hybridized carbons (Fsp3) is 0. The van der Waals surface area contributed by atoms with Gasteiger partial charge in [0.2, 0.25) is 0 Å². The van der Waals surface area contributed by atoms with Gasteiger partial charge >= 0.3 is 0 Å². The summed E-state index contributed by atoms with van der Waals surface area (Å²) in [5.41, 5.74) is 15.8. The molecule has 14 aromatic rings. The van der Waals surface area contributed by atoms with E-state index in [0.717, 1.165) is 99.5 Å². The van der Waals surface area contributed by atoms with Gasteiger partial charge in [-0.25, -0.2) is 15.0 Å². The lowest BCUT2D eigenvalue weighted by molar-refractivity contribution is 0.669. The van der Waals surface area contributed by atoms with Gasteiger partial charge in [0.25, 0.3) is 0 Å². The van der Waals surface area contributed by atoms with Gasteiger partial charge < -0.3 is 13.4 Å². The largest absolute Gasteiger partial charge is 0.456 e. The lowest BCUT2D eigenvalue weighted by atomic mass is 9.97. The van der Waals surface area contributed by atoms with Crippen molar-refractivity contribution in [3.63, 3.8) is 0 Å². The normalized spacial score (nSPS) is 11.8. The predicted molar refractivity (Wildman–Crippen MR) is 281 cm³/mol. The van der Waals surface area contributed by atoms with E-state index in [1.807, 2.05) is 60.7 Å². The van der Waals surface area contributed by atoms with E-state index in [4.69, 9.17) is 23.8 Å². The Morgan fingerprint density at radius 3 is 1.57 bits per heavy atom. The molecule has 0 fully saturated rings. The summed E-state index contributed by atoms with van der Waals surface area (Å²) in [5.74, 6) is 1.75. The van der Waals surface area contributed by atoms with Gasteiger partial charge in [-0.15, -0.1) is 0 Å². The maximum Gasteiger partial charge on any atom is 0.164 e. The molecule has 0 aliphatic carbocycles. The Balaban J connectivity index is 0.983. The summed E-state index contributed by atoms with van der Waals surface area (Å²) in [7, 11) is 0. The minimum Gasteiger partial charge on any atom is -0.456 e. The number of hydrogen-bond acceptors (Lipinski definition) is 5. The van der Waals surface area contributed by atoms with Crippen molar-refractivity contribution in [2.75, 3.05) is 0 Å². The van der Waals surface area contributed by atoms with Crippen LogP contribution in [-0.4, -0.2) is 19.5 Å². The molecule has 10 aromatic carbocycles. The maximum absolute atomic E-state index is 6.67. The first-order chi connectivity index (χ1) is 34.2. The molecule has 0 spiro atoms. The molecule has 0 amide bonds. The lowest BCUT2D eigenvalue weighted by Crippen LogP contribution is -2.00. The van der Waals surface area contributed by atoms with E-state index < -0.39 is 0 Å². The molecular formula is C63H38N4O2. The van der Waals surface area contributed by atoms with Crippen molar-refractivity contribution in [1.29, 1.82) is 0 Å². The molecule has 6 heteroatoms. The van der Waals surface area contributed by atoms with Crippen LogP contribution < -0.4 is 0 Å². The standard InChI is InChI=1S/C63H38N4O2/c1-4-15-39(16-5-1)41-27-29-43(30-28-41)62-64-61(42-19-8-3-9-20-42)65-63(66-62)48-23-14-26-58-60(48)52-36-45(32-34-57(52)68-58)49-38-59-51(47-22-11-13-25-56(47)69-59)37-55(49)67-53-24-12-10-21-46(53)50-35-44(31-33-54(50)67)40-17-6-2-7-18-40/h1-38H. The molecule has 0 N–H and O–H groups in total. The van der Waals surface area contributed by atoms with Gasteiger partial charge in [-0.3, -0.25) is 0 Å². The summed E-state index contributed by atoms with van der Waals surface area (Å²) in [6.45, 7) is 0. The van der Waals surface area contributed by atoms with Crippen LogP contribution in [0.1, 0.15) is 0 Å². The van der Waals surface area contributed by atoms with Crippen LogP contribution in [0.2, 0.25) is 0 Å². The summed E-state index contributed by atoms with van der Waals surface area (Å²) >= 11 is 0. The second-order valence-electron chi connectivity index (χ2n) is 17.5. The van der Waals surface area contributed by atoms with Crippen LogP contribution in [0.3, 0.4) is 0 Å². The molecule has 0 radical (unpaired) electrons. The number of hydrogen-bond donors (Lipinski definition) is 0. The smallest absolute Gasteiger partial charge is 0.164 e. The minimum absolute atomic E-state index is 0.564. The van der Waals surface area contributed by atoms with Crippen molar-refractivity contribution in [1.82, 2.24) is 19.5 Å². The number of para-hydroxylation sites is 2. The molecule has 14 rings (SSSR count). The van der Waals surface area contributed by atoms with E-state index in [1.165, 1.54) is 21.9 Å². The molecule has 4 heterocycles. The van der Waals surface area contributed by atoms with Crippen LogP contribution >= 0.6 is 0 Å². The minimum atomic E-state index is 0.564. The van der Waals surface area contributed by atoms with Crippen molar-refractivity contribution < 1.29 is 8.83 Å². The first-order valence-electron chi connectivity index (χ1n) is 23.2. The van der Waals surface area contributed by atoms with E-state index in [-0.39, 0.29) is 0 Å². The molecule has 0 atom stereocenters. The van der Waals surface area contributed by atoms with Crippen molar-refractivity contribution in [3.05, 3.63) is 231 Å². The van der Waals surface area contributed by atoms with Crippen molar-refractivity contribution in [2.24, 2.45) is 0 Å². The van der Waals surface area contributed by atoms with Gasteiger partial charge in [0.05, 0.1) is 16.7 Å². The van der Waals surface area contributed by atoms with Gasteiger partial charge in [-0.05, 0) is 82.4 Å². The Bertz CT molecular complexity index is 4290. The van der Waals surface area contributed by atoms with Crippen LogP contribution in [0.5, 0.6) is 0 Å². The number of fused-ring (bicyclic) bond motifs is 9. The highest BCUT2D eigenvalue weighted by molar-refractivity contribution is 6.15. The van der Waals surface area contributed by atoms with Crippen LogP contribution in [0.4, 0.5) is 0 Å². The van der Waals surface area contributed by atoms with E-state index in [2.05, 4.69) is 174 Å². The second kappa shape index (κ2) is 15.6. The first-order valence-corrected chi connectivity index (χ1v) is 23.2. The van der Waals surface area contributed by atoms with E-state index in [1.54, 1.807) is 0 Å². The lowest BCUT2D eigenvalue weighted by Gasteiger charge is -2.15. The average molecular weight is 883 g/mol. The van der Waals surface area contributed by atoms with E-state index in [9.17, 15) is 0 Å². The highest BCUT2D eigenvalue weighted by Gasteiger charge is 2.22. The molecule has 0 saturated carbocycles. The fourth-order valence-electron chi connectivity index (χ4n) is 10.2. The highest BCUT2D eigenvalue weighted by Crippen LogP contribution is 2.44. The second-order valence-corrected chi connectivity index (χ2v) is 17.5. The van der Waals surface area contributed by atoms with Gasteiger partial charge in [0.15, 0.2) is 17.5 Å².